The van der Waals surface area contributed by atoms with Gasteiger partial charge in [0.15, 0.2) is 0 Å². The summed E-state index contributed by atoms with van der Waals surface area (Å²) in [6.45, 7) is 3.62. The molecule has 4 rings (SSSR count). The zero-order chi connectivity index (χ0) is 20.2. The molecule has 0 radical (unpaired) electrons. The van der Waals surface area contributed by atoms with Gasteiger partial charge in [0.1, 0.15) is 5.75 Å². The summed E-state index contributed by atoms with van der Waals surface area (Å²) in [6, 6.07) is 8.38. The largest absolute Gasteiger partial charge is 0.493 e. The molecule has 0 unspecified atom stereocenters. The predicted octanol–water partition coefficient (Wildman–Crippen LogP) is 6.04. The smallest absolute Gasteiger partial charge is 0.256 e. The average Bonchev–Trinajstić information content (AvgIpc) is 3.15. The molecule has 0 saturated carbocycles. The number of benzene rings is 2. The minimum atomic E-state index is 0.106. The van der Waals surface area contributed by atoms with E-state index in [4.69, 9.17) is 16.3 Å². The summed E-state index contributed by atoms with van der Waals surface area (Å²) in [5.74, 6) is 1.78. The third-order valence-corrected chi connectivity index (χ3v) is 6.23. The molecule has 1 amide bonds. The highest BCUT2D eigenvalue weighted by Crippen LogP contribution is 2.34. The number of rotatable bonds is 8. The van der Waals surface area contributed by atoms with Gasteiger partial charge in [-0.2, -0.15) is 0 Å². The Morgan fingerprint density at radius 3 is 2.76 bits per heavy atom. The molecule has 0 aliphatic carbocycles. The zero-order valence-corrected chi connectivity index (χ0v) is 17.9. The first kappa shape index (κ1) is 20.2. The van der Waals surface area contributed by atoms with E-state index in [0.717, 1.165) is 72.5 Å². The molecule has 2 aliphatic rings. The molecular formula is C24H29ClN2O2. The van der Waals surface area contributed by atoms with Crippen molar-refractivity contribution in [1.82, 2.24) is 4.90 Å². The molecule has 4 nitrogen and oxygen atoms in total. The van der Waals surface area contributed by atoms with Crippen LogP contribution in [0.15, 0.2) is 29.3 Å². The van der Waals surface area contributed by atoms with Crippen LogP contribution in [-0.2, 0) is 0 Å². The standard InChI is InChI=1S/C24H29ClN2O2/c1-17-12-18-13-21-22(26-16-20-8-7-10-27(20)24(21)28)14-19(18)15-23(17)29-11-6-4-2-3-5-9-25/h12-16,20H,2-11H2,1H3/t20-/m0/s1. The quantitative estimate of drug-likeness (QED) is 0.392. The van der Waals surface area contributed by atoms with E-state index in [0.29, 0.717) is 5.56 Å². The fraction of sp³-hybridized carbons (Fsp3) is 0.500. The Labute approximate surface area is 177 Å². The second-order valence-electron chi connectivity index (χ2n) is 8.13. The lowest BCUT2D eigenvalue weighted by molar-refractivity contribution is 0.0775. The molecule has 0 aromatic heterocycles. The van der Waals surface area contributed by atoms with Crippen molar-refractivity contribution in [2.45, 2.75) is 57.9 Å². The Kier molecular flexibility index (Phi) is 6.39. The zero-order valence-electron chi connectivity index (χ0n) is 17.1. The van der Waals surface area contributed by atoms with E-state index in [1.807, 2.05) is 23.2 Å². The second-order valence-corrected chi connectivity index (χ2v) is 8.50. The van der Waals surface area contributed by atoms with Crippen LogP contribution in [0.5, 0.6) is 5.75 Å². The van der Waals surface area contributed by atoms with Crippen LogP contribution >= 0.6 is 11.6 Å². The lowest BCUT2D eigenvalue weighted by Gasteiger charge is -2.20. The van der Waals surface area contributed by atoms with Crippen molar-refractivity contribution >= 4 is 40.2 Å². The third-order valence-electron chi connectivity index (χ3n) is 5.96. The molecule has 2 aliphatic heterocycles. The Morgan fingerprint density at radius 1 is 1.10 bits per heavy atom. The number of hydrogen-bond donors (Lipinski definition) is 0. The van der Waals surface area contributed by atoms with Crippen molar-refractivity contribution in [1.29, 1.82) is 0 Å². The highest BCUT2D eigenvalue weighted by atomic mass is 35.5. The molecule has 5 heteroatoms. The topological polar surface area (TPSA) is 41.9 Å². The number of halogens is 1. The lowest BCUT2D eigenvalue weighted by Crippen LogP contribution is -2.35. The molecule has 1 fully saturated rings. The van der Waals surface area contributed by atoms with E-state index in [9.17, 15) is 4.79 Å². The van der Waals surface area contributed by atoms with Gasteiger partial charge in [0.05, 0.1) is 23.9 Å². The van der Waals surface area contributed by atoms with Crippen LogP contribution in [0.4, 0.5) is 5.69 Å². The predicted molar refractivity (Wildman–Crippen MR) is 120 cm³/mol. The molecule has 0 bridgehead atoms. The first-order valence-corrected chi connectivity index (χ1v) is 11.3. The minimum absolute atomic E-state index is 0.106. The monoisotopic (exact) mass is 412 g/mol. The SMILES string of the molecule is Cc1cc2cc3c(cc2cc1OCCCCCCCCl)N=C[C@@H]1CCCN1C3=O. The second kappa shape index (κ2) is 9.17. The Morgan fingerprint density at radius 2 is 1.90 bits per heavy atom. The molecule has 0 N–H and O–H groups in total. The van der Waals surface area contributed by atoms with Gasteiger partial charge in [0.2, 0.25) is 0 Å². The molecule has 1 saturated heterocycles. The van der Waals surface area contributed by atoms with Gasteiger partial charge in [-0.3, -0.25) is 9.79 Å². The molecule has 2 aromatic carbocycles. The number of ether oxygens (including phenoxy) is 1. The first-order valence-electron chi connectivity index (χ1n) is 10.8. The normalized spacial score (nSPS) is 18.1. The fourth-order valence-electron chi connectivity index (χ4n) is 4.29. The Balaban J connectivity index is 1.50. The van der Waals surface area contributed by atoms with E-state index in [-0.39, 0.29) is 11.9 Å². The summed E-state index contributed by atoms with van der Waals surface area (Å²) in [5, 5.41) is 2.13. The molecule has 29 heavy (non-hydrogen) atoms. The van der Waals surface area contributed by atoms with E-state index >= 15 is 0 Å². The van der Waals surface area contributed by atoms with Crippen molar-refractivity contribution in [2.75, 3.05) is 19.0 Å². The number of carbonyl (C=O) groups excluding carboxylic acids is 1. The fourth-order valence-corrected chi connectivity index (χ4v) is 4.48. The maximum atomic E-state index is 13.0. The van der Waals surface area contributed by atoms with Gasteiger partial charge in [-0.25, -0.2) is 0 Å². The van der Waals surface area contributed by atoms with E-state index in [1.165, 1.54) is 19.3 Å². The van der Waals surface area contributed by atoms with Gasteiger partial charge in [-0.1, -0.05) is 19.3 Å². The number of alkyl halides is 1. The Hall–Kier alpha value is -2.07. The first-order chi connectivity index (χ1) is 14.2. The van der Waals surface area contributed by atoms with Crippen molar-refractivity contribution in [2.24, 2.45) is 4.99 Å². The molecule has 154 valence electrons. The van der Waals surface area contributed by atoms with E-state index in [2.05, 4.69) is 24.0 Å². The summed E-state index contributed by atoms with van der Waals surface area (Å²) in [6.07, 6.45) is 9.73. The summed E-state index contributed by atoms with van der Waals surface area (Å²) in [4.78, 5) is 19.6. The number of nitrogens with zero attached hydrogens (tertiary/aromatic N) is 2. The lowest BCUT2D eigenvalue weighted by atomic mass is 10.0. The van der Waals surface area contributed by atoms with Crippen LogP contribution in [0.2, 0.25) is 0 Å². The van der Waals surface area contributed by atoms with Crippen LogP contribution < -0.4 is 4.74 Å². The van der Waals surface area contributed by atoms with Crippen molar-refractivity contribution in [3.63, 3.8) is 0 Å². The number of unbranched alkanes of at least 4 members (excludes halogenated alkanes) is 4. The van der Waals surface area contributed by atoms with Gasteiger partial charge in [-0.15, -0.1) is 11.6 Å². The number of fused-ring (bicyclic) bond motifs is 3. The minimum Gasteiger partial charge on any atom is -0.493 e. The van der Waals surface area contributed by atoms with Gasteiger partial charge in [0.25, 0.3) is 5.91 Å². The van der Waals surface area contributed by atoms with Crippen LogP contribution in [0.1, 0.15) is 60.9 Å². The third kappa shape index (κ3) is 4.42. The van der Waals surface area contributed by atoms with Gasteiger partial charge >= 0.3 is 0 Å². The number of carbonyl (C=O) groups is 1. The van der Waals surface area contributed by atoms with Gasteiger partial charge in [-0.05, 0) is 73.2 Å². The highest BCUT2D eigenvalue weighted by Gasteiger charge is 2.31. The summed E-state index contributed by atoms with van der Waals surface area (Å²) >= 11 is 5.72. The maximum absolute atomic E-state index is 13.0. The number of aliphatic imine (C=N–C) groups is 1. The summed E-state index contributed by atoms with van der Waals surface area (Å²) in [5.41, 5.74) is 2.58. The maximum Gasteiger partial charge on any atom is 0.256 e. The molecule has 1 atom stereocenters. The number of aryl methyl sites for hydroxylation is 1. The van der Waals surface area contributed by atoms with Crippen molar-refractivity contribution in [3.05, 3.63) is 35.4 Å². The average molecular weight is 413 g/mol. The van der Waals surface area contributed by atoms with Crippen LogP contribution in [0.25, 0.3) is 10.8 Å². The van der Waals surface area contributed by atoms with Crippen molar-refractivity contribution < 1.29 is 9.53 Å². The van der Waals surface area contributed by atoms with Gasteiger partial charge < -0.3 is 9.64 Å². The summed E-state index contributed by atoms with van der Waals surface area (Å²) < 4.78 is 6.06. The van der Waals surface area contributed by atoms with E-state index in [1.54, 1.807) is 0 Å². The van der Waals surface area contributed by atoms with Crippen LogP contribution in [0.3, 0.4) is 0 Å². The molecule has 2 heterocycles. The Bertz CT molecular complexity index is 925. The molecular weight excluding hydrogens is 384 g/mol. The van der Waals surface area contributed by atoms with Crippen LogP contribution in [-0.4, -0.2) is 42.1 Å². The number of hydrogen-bond acceptors (Lipinski definition) is 3. The van der Waals surface area contributed by atoms with E-state index < -0.39 is 0 Å². The van der Waals surface area contributed by atoms with Crippen molar-refractivity contribution in [3.8, 4) is 5.75 Å². The highest BCUT2D eigenvalue weighted by molar-refractivity contribution is 6.17. The molecule has 0 spiro atoms. The van der Waals surface area contributed by atoms with Gasteiger partial charge in [0, 0.05) is 18.6 Å². The van der Waals surface area contributed by atoms with Crippen LogP contribution in [0, 0.1) is 6.92 Å². The number of amides is 1. The summed E-state index contributed by atoms with van der Waals surface area (Å²) in [7, 11) is 0. The molecule has 2 aromatic rings.